The Labute approximate surface area is 60.3 Å². The van der Waals surface area contributed by atoms with Crippen LogP contribution in [0.2, 0.25) is 0 Å². The molecule has 0 aliphatic rings. The maximum absolute atomic E-state index is 10.2. The number of hydrogen-bond donors (Lipinski definition) is 1. The van der Waals surface area contributed by atoms with E-state index in [9.17, 15) is 9.59 Å². The molecule has 5 heteroatoms. The Morgan fingerprint density at radius 2 is 2.00 bits per heavy atom. The molecule has 0 aliphatic carbocycles. The minimum Gasteiger partial charge on any atom is -0.481 e. The van der Waals surface area contributed by atoms with Crippen molar-refractivity contribution < 1.29 is 18.5 Å². The monoisotopic (exact) mass is 196 g/mol. The quantitative estimate of drug-likeness (QED) is 0.723. The first-order chi connectivity index (χ1) is 4.16. The topological polar surface area (TPSA) is 63.6 Å². The van der Waals surface area contributed by atoms with Gasteiger partial charge in [0.25, 0.3) is 0 Å². The van der Waals surface area contributed by atoms with Crippen LogP contribution in [0.15, 0.2) is 0 Å². The molecule has 0 saturated carbocycles. The van der Waals surface area contributed by atoms with Crippen LogP contribution in [0.25, 0.3) is 0 Å². The van der Waals surface area contributed by atoms with Crippen molar-refractivity contribution in [2.75, 3.05) is 0 Å². The summed E-state index contributed by atoms with van der Waals surface area (Å²) in [5, 5.41) is 8.03. The van der Waals surface area contributed by atoms with Gasteiger partial charge in [-0.05, 0) is 0 Å². The molecule has 1 N–H and O–H groups in total. The van der Waals surface area contributed by atoms with Gasteiger partial charge in [0, 0.05) is 0 Å². The van der Waals surface area contributed by atoms with Gasteiger partial charge >= 0.3 is 11.9 Å². The summed E-state index contributed by atoms with van der Waals surface area (Å²) in [7, 11) is 0. The van der Waals surface area contributed by atoms with Crippen LogP contribution in [0.5, 0.6) is 0 Å². The lowest BCUT2D eigenvalue weighted by Crippen LogP contribution is -2.01. The lowest BCUT2D eigenvalue weighted by atomic mass is 10.3. The lowest BCUT2D eigenvalue weighted by Gasteiger charge is -1.90. The normalized spacial score (nSPS) is 8.56. The maximum Gasteiger partial charge on any atom is 0.317 e. The number of aliphatic carboxylic acids is 1. The largest absolute Gasteiger partial charge is 0.481 e. The first kappa shape index (κ1) is 8.42. The number of carboxylic acid groups (broad SMARTS) is 1. The predicted molar refractivity (Wildman–Crippen MR) is 31.9 cm³/mol. The van der Waals surface area contributed by atoms with Gasteiger partial charge in [0.05, 0.1) is 12.8 Å². The van der Waals surface area contributed by atoms with Crippen LogP contribution in [0, 0.1) is 0 Å². The summed E-state index contributed by atoms with van der Waals surface area (Å²) >= 11 is 2.42. The molecule has 9 heavy (non-hydrogen) atoms. The van der Waals surface area contributed by atoms with Crippen molar-refractivity contribution in [3.8, 4) is 0 Å². The average Bonchev–Trinajstić information content (AvgIpc) is 1.83. The van der Waals surface area contributed by atoms with Gasteiger partial charge in [-0.15, -0.1) is 0 Å². The minimum absolute atomic E-state index is 0.0966. The zero-order valence-electron chi connectivity index (χ0n) is 4.46. The highest BCUT2D eigenvalue weighted by Gasteiger charge is 2.03. The molecule has 4 nitrogen and oxygen atoms in total. The second-order valence-electron chi connectivity index (χ2n) is 1.34. The van der Waals surface area contributed by atoms with Gasteiger partial charge in [0.2, 0.25) is 0 Å². The van der Waals surface area contributed by atoms with Crippen molar-refractivity contribution in [3.63, 3.8) is 0 Å². The molecule has 0 atom stereocenters. The molecule has 0 aromatic heterocycles. The molecule has 0 saturated heterocycles. The number of carbonyl (C=O) groups is 2. The van der Waals surface area contributed by atoms with E-state index in [0.717, 1.165) is 0 Å². The van der Waals surface area contributed by atoms with Crippen LogP contribution in [-0.2, 0) is 13.4 Å². The average molecular weight is 197 g/mol. The molecule has 0 amide bonds. The molecule has 0 fully saturated rings. The molecule has 0 rings (SSSR count). The van der Waals surface area contributed by atoms with Crippen LogP contribution < -0.4 is 0 Å². The Morgan fingerprint density at radius 1 is 1.44 bits per heavy atom. The van der Waals surface area contributed by atoms with Crippen LogP contribution in [0.4, 0.5) is 0 Å². The molecule has 0 aliphatic heterocycles. The van der Waals surface area contributed by atoms with Gasteiger partial charge in [-0.2, -0.15) is 0 Å². The Bertz CT molecular complexity index is 122. The Balaban J connectivity index is 3.28. The smallest absolute Gasteiger partial charge is 0.317 e. The predicted octanol–water partition coefficient (Wildman–Crippen LogP) is 0.704. The van der Waals surface area contributed by atoms with Crippen LogP contribution in [0.3, 0.4) is 0 Å². The van der Waals surface area contributed by atoms with E-state index in [4.69, 9.17) is 5.11 Å². The van der Waals surface area contributed by atoms with Crippen LogP contribution >= 0.6 is 16.3 Å². The van der Waals surface area contributed by atoms with Gasteiger partial charge in [0.15, 0.2) is 16.3 Å². The van der Waals surface area contributed by atoms with E-state index < -0.39 is 11.9 Å². The van der Waals surface area contributed by atoms with Gasteiger partial charge < -0.3 is 8.93 Å². The second kappa shape index (κ2) is 4.31. The second-order valence-corrected chi connectivity index (χ2v) is 1.67. The van der Waals surface area contributed by atoms with Crippen molar-refractivity contribution in [1.82, 2.24) is 0 Å². The molecule has 0 unspecified atom stereocenters. The third kappa shape index (κ3) is 5.29. The molecule has 0 aromatic rings. The van der Waals surface area contributed by atoms with Gasteiger partial charge in [-0.25, -0.2) is 0 Å². The number of carboxylic acids is 1. The minimum atomic E-state index is -1.01. The molecular weight excluding hydrogens is 192 g/mol. The van der Waals surface area contributed by atoms with Crippen molar-refractivity contribution in [3.05, 3.63) is 0 Å². The number of carbonyl (C=O) groups excluding carboxylic acids is 1. The molecule has 52 valence electrons. The first-order valence-corrected chi connectivity index (χ1v) is 2.84. The fraction of sp³-hybridized carbons (Fsp3) is 0.500. The Hall–Kier alpha value is -0.580. The summed E-state index contributed by atoms with van der Waals surface area (Å²) in [6, 6.07) is 0. The van der Waals surface area contributed by atoms with Crippen LogP contribution in [-0.4, -0.2) is 17.0 Å². The summed E-state index contributed by atoms with van der Waals surface area (Å²) in [6.07, 6.45) is -0.287. The standard InChI is InChI=1S/C4H5BrO4/c5-9-4(8)2-1-3(6)7/h1-2H2,(H,6,7). The lowest BCUT2D eigenvalue weighted by molar-refractivity contribution is -0.141. The summed E-state index contributed by atoms with van der Waals surface area (Å²) in [5.74, 6) is -1.58. The van der Waals surface area contributed by atoms with Gasteiger partial charge in [-0.3, -0.25) is 9.59 Å². The highest BCUT2D eigenvalue weighted by atomic mass is 79.9. The summed E-state index contributed by atoms with van der Waals surface area (Å²) < 4.78 is 4.01. The number of rotatable bonds is 3. The zero-order valence-corrected chi connectivity index (χ0v) is 6.05. The summed E-state index contributed by atoms with van der Waals surface area (Å²) in [4.78, 5) is 20.0. The van der Waals surface area contributed by atoms with E-state index in [1.165, 1.54) is 0 Å². The van der Waals surface area contributed by atoms with E-state index in [1.807, 2.05) is 0 Å². The molecule has 0 heterocycles. The van der Waals surface area contributed by atoms with Gasteiger partial charge in [0.1, 0.15) is 0 Å². The Kier molecular flexibility index (Phi) is 4.04. The van der Waals surface area contributed by atoms with E-state index in [-0.39, 0.29) is 12.8 Å². The number of halogens is 1. The summed E-state index contributed by atoms with van der Waals surface area (Å²) in [6.45, 7) is 0. The van der Waals surface area contributed by atoms with Crippen LogP contribution in [0.1, 0.15) is 12.8 Å². The Morgan fingerprint density at radius 3 is 2.33 bits per heavy atom. The molecule has 0 aromatic carbocycles. The van der Waals surface area contributed by atoms with E-state index >= 15 is 0 Å². The van der Waals surface area contributed by atoms with E-state index in [2.05, 4.69) is 20.1 Å². The van der Waals surface area contributed by atoms with E-state index in [1.54, 1.807) is 0 Å². The van der Waals surface area contributed by atoms with Crippen molar-refractivity contribution in [1.29, 1.82) is 0 Å². The summed E-state index contributed by atoms with van der Waals surface area (Å²) in [5.41, 5.74) is 0. The van der Waals surface area contributed by atoms with Crippen molar-refractivity contribution >= 4 is 28.2 Å². The molecule has 0 bridgehead atoms. The third-order valence-electron chi connectivity index (χ3n) is 0.629. The molecule has 0 radical (unpaired) electrons. The fourth-order valence-electron chi connectivity index (χ4n) is 0.248. The maximum atomic E-state index is 10.2. The first-order valence-electron chi connectivity index (χ1n) is 2.20. The number of hydrogen-bond acceptors (Lipinski definition) is 3. The zero-order chi connectivity index (χ0) is 7.28. The molecule has 0 spiro atoms. The van der Waals surface area contributed by atoms with Gasteiger partial charge in [-0.1, -0.05) is 0 Å². The SMILES string of the molecule is O=C(O)CCC(=O)OBr. The molecular formula is C4H5BrO4. The van der Waals surface area contributed by atoms with Crippen molar-refractivity contribution in [2.45, 2.75) is 12.8 Å². The highest BCUT2D eigenvalue weighted by molar-refractivity contribution is 9.06. The van der Waals surface area contributed by atoms with Crippen molar-refractivity contribution in [2.24, 2.45) is 0 Å². The fourth-order valence-corrected chi connectivity index (χ4v) is 0.409. The highest BCUT2D eigenvalue weighted by Crippen LogP contribution is 1.95. The van der Waals surface area contributed by atoms with E-state index in [0.29, 0.717) is 0 Å². The third-order valence-corrected chi connectivity index (χ3v) is 0.990.